The third-order valence-electron chi connectivity index (χ3n) is 4.66. The third kappa shape index (κ3) is 3.83. The van der Waals surface area contributed by atoms with E-state index in [2.05, 4.69) is 19.9 Å². The van der Waals surface area contributed by atoms with Crippen LogP contribution in [0.5, 0.6) is 0 Å². The normalized spacial score (nSPS) is 12.4. The maximum atomic E-state index is 13.9. The second kappa shape index (κ2) is 7.45. The summed E-state index contributed by atoms with van der Waals surface area (Å²) in [5.74, 6) is 0.533. The molecule has 3 aromatic heterocycles. The van der Waals surface area contributed by atoms with Crippen LogP contribution in [0.4, 0.5) is 4.39 Å². The van der Waals surface area contributed by atoms with Crippen LogP contribution >= 0.6 is 11.6 Å². The number of hydrogen-bond acceptors (Lipinski definition) is 3. The maximum Gasteiger partial charge on any atom is 0.137 e. The predicted molar refractivity (Wildman–Crippen MR) is 104 cm³/mol. The summed E-state index contributed by atoms with van der Waals surface area (Å²) in [5.41, 5.74) is 3.59. The molecule has 4 rings (SSSR count). The van der Waals surface area contributed by atoms with Crippen molar-refractivity contribution in [2.45, 2.75) is 25.7 Å². The molecule has 1 unspecified atom stereocenters. The average Bonchev–Trinajstić information content (AvgIpc) is 3.05. The Morgan fingerprint density at radius 3 is 2.67 bits per heavy atom. The van der Waals surface area contributed by atoms with E-state index in [1.54, 1.807) is 12.3 Å². The minimum Gasteiger partial charge on any atom is -0.346 e. The van der Waals surface area contributed by atoms with Crippen LogP contribution in [0.2, 0.25) is 5.02 Å². The number of aromatic amines is 1. The van der Waals surface area contributed by atoms with Crippen molar-refractivity contribution in [2.75, 3.05) is 0 Å². The van der Waals surface area contributed by atoms with Gasteiger partial charge in [-0.3, -0.25) is 0 Å². The summed E-state index contributed by atoms with van der Waals surface area (Å²) in [6.45, 7) is 1.98. The van der Waals surface area contributed by atoms with Gasteiger partial charge >= 0.3 is 0 Å². The summed E-state index contributed by atoms with van der Waals surface area (Å²) < 4.78 is 13.9. The van der Waals surface area contributed by atoms with Gasteiger partial charge in [-0.1, -0.05) is 36.7 Å². The molecule has 0 aliphatic heterocycles. The molecule has 0 bridgehead atoms. The van der Waals surface area contributed by atoms with Gasteiger partial charge < -0.3 is 4.98 Å². The lowest BCUT2D eigenvalue weighted by Gasteiger charge is -2.12. The van der Waals surface area contributed by atoms with Crippen molar-refractivity contribution in [3.8, 4) is 0 Å². The number of pyridine rings is 1. The molecule has 0 amide bonds. The molecule has 0 aliphatic carbocycles. The van der Waals surface area contributed by atoms with Crippen LogP contribution in [-0.2, 0) is 12.8 Å². The Balaban J connectivity index is 1.49. The molecule has 136 valence electrons. The molecular weight excluding hydrogens is 363 g/mol. The third-order valence-corrected chi connectivity index (χ3v) is 4.87. The molecule has 0 aliphatic rings. The zero-order valence-electron chi connectivity index (χ0n) is 14.8. The Hall–Kier alpha value is -2.79. The quantitative estimate of drug-likeness (QED) is 0.525. The monoisotopic (exact) mass is 380 g/mol. The molecule has 0 radical (unpaired) electrons. The van der Waals surface area contributed by atoms with Crippen molar-refractivity contribution >= 4 is 22.6 Å². The number of halogens is 2. The predicted octanol–water partition coefficient (Wildman–Crippen LogP) is 5.08. The Bertz CT molecular complexity index is 1080. The molecule has 4 aromatic rings. The van der Waals surface area contributed by atoms with Crippen LogP contribution in [0.15, 0.2) is 55.1 Å². The Morgan fingerprint density at radius 1 is 1.11 bits per heavy atom. The fraction of sp³-hybridized carbons (Fsp3) is 0.190. The SMILES string of the molecule is CC(Cc1ncc(Cc2c[nH]c3ncc(Cl)cc23)cn1)c1ccccc1F. The minimum absolute atomic E-state index is 0.0129. The summed E-state index contributed by atoms with van der Waals surface area (Å²) in [6, 6.07) is 8.75. The standard InChI is InChI=1S/C21H18ClFN4/c1-13(17-4-2-3-5-19(17)23)6-20-24-9-14(10-25-20)7-15-11-26-21-18(15)8-16(22)12-27-21/h2-5,8-13H,6-7H2,1H3,(H,26,27). The lowest BCUT2D eigenvalue weighted by atomic mass is 9.97. The highest BCUT2D eigenvalue weighted by Crippen LogP contribution is 2.23. The van der Waals surface area contributed by atoms with Crippen LogP contribution in [0, 0.1) is 5.82 Å². The van der Waals surface area contributed by atoms with E-state index >= 15 is 0 Å². The zero-order valence-corrected chi connectivity index (χ0v) is 15.5. The number of rotatable bonds is 5. The van der Waals surface area contributed by atoms with Crippen LogP contribution in [0.3, 0.4) is 0 Å². The van der Waals surface area contributed by atoms with Crippen molar-refractivity contribution in [3.05, 3.63) is 88.5 Å². The fourth-order valence-electron chi connectivity index (χ4n) is 3.24. The highest BCUT2D eigenvalue weighted by molar-refractivity contribution is 6.31. The summed E-state index contributed by atoms with van der Waals surface area (Å²) in [5, 5.41) is 1.61. The molecule has 1 atom stereocenters. The van der Waals surface area contributed by atoms with Crippen molar-refractivity contribution in [3.63, 3.8) is 0 Å². The Kier molecular flexibility index (Phi) is 4.86. The first-order valence-corrected chi connectivity index (χ1v) is 9.13. The minimum atomic E-state index is -0.187. The second-order valence-corrected chi connectivity index (χ2v) is 7.11. The zero-order chi connectivity index (χ0) is 18.8. The van der Waals surface area contributed by atoms with E-state index in [0.29, 0.717) is 29.3 Å². The number of H-pyrrole nitrogens is 1. The lowest BCUT2D eigenvalue weighted by molar-refractivity contribution is 0.583. The first-order valence-electron chi connectivity index (χ1n) is 8.76. The summed E-state index contributed by atoms with van der Waals surface area (Å²) in [6.07, 6.45) is 8.49. The molecular formula is C21H18ClFN4. The summed E-state index contributed by atoms with van der Waals surface area (Å²) in [4.78, 5) is 16.4. The molecule has 0 saturated carbocycles. The van der Waals surface area contributed by atoms with Crippen molar-refractivity contribution < 1.29 is 4.39 Å². The number of aromatic nitrogens is 4. The van der Waals surface area contributed by atoms with E-state index in [-0.39, 0.29) is 11.7 Å². The Labute approximate surface area is 161 Å². The lowest BCUT2D eigenvalue weighted by Crippen LogP contribution is -2.05. The number of hydrogen-bond donors (Lipinski definition) is 1. The topological polar surface area (TPSA) is 54.5 Å². The van der Waals surface area contributed by atoms with E-state index in [1.807, 2.05) is 43.7 Å². The van der Waals surface area contributed by atoms with Gasteiger partial charge in [-0.15, -0.1) is 0 Å². The van der Waals surface area contributed by atoms with Crippen molar-refractivity contribution in [1.29, 1.82) is 0 Å². The molecule has 6 heteroatoms. The number of benzene rings is 1. The maximum absolute atomic E-state index is 13.9. The van der Waals surface area contributed by atoms with E-state index in [1.165, 1.54) is 6.07 Å². The smallest absolute Gasteiger partial charge is 0.137 e. The molecule has 27 heavy (non-hydrogen) atoms. The molecule has 0 saturated heterocycles. The summed E-state index contributed by atoms with van der Waals surface area (Å²) in [7, 11) is 0. The van der Waals surface area contributed by atoms with Gasteiger partial charge in [0, 0.05) is 43.0 Å². The van der Waals surface area contributed by atoms with Gasteiger partial charge in [0.2, 0.25) is 0 Å². The van der Waals surface area contributed by atoms with Gasteiger partial charge in [-0.05, 0) is 34.7 Å². The molecule has 3 heterocycles. The van der Waals surface area contributed by atoms with Crippen LogP contribution in [-0.4, -0.2) is 19.9 Å². The van der Waals surface area contributed by atoms with E-state index < -0.39 is 0 Å². The van der Waals surface area contributed by atoms with Crippen LogP contribution < -0.4 is 0 Å². The summed E-state index contributed by atoms with van der Waals surface area (Å²) >= 11 is 6.05. The highest BCUT2D eigenvalue weighted by Gasteiger charge is 2.13. The fourth-order valence-corrected chi connectivity index (χ4v) is 3.39. The van der Waals surface area contributed by atoms with Gasteiger partial charge in [-0.2, -0.15) is 0 Å². The van der Waals surface area contributed by atoms with Crippen molar-refractivity contribution in [1.82, 2.24) is 19.9 Å². The molecule has 0 fully saturated rings. The van der Waals surface area contributed by atoms with Gasteiger partial charge in [0.05, 0.1) is 5.02 Å². The van der Waals surface area contributed by atoms with E-state index in [4.69, 9.17) is 11.6 Å². The first kappa shape index (κ1) is 17.6. The van der Waals surface area contributed by atoms with Gasteiger partial charge in [0.15, 0.2) is 0 Å². The largest absolute Gasteiger partial charge is 0.346 e. The first-order chi connectivity index (χ1) is 13.1. The average molecular weight is 381 g/mol. The van der Waals surface area contributed by atoms with E-state index in [0.717, 1.165) is 22.2 Å². The highest BCUT2D eigenvalue weighted by atomic mass is 35.5. The molecule has 1 aromatic carbocycles. The van der Waals surface area contributed by atoms with Gasteiger partial charge in [0.1, 0.15) is 17.3 Å². The van der Waals surface area contributed by atoms with Gasteiger partial charge in [-0.25, -0.2) is 19.3 Å². The van der Waals surface area contributed by atoms with Crippen LogP contribution in [0.25, 0.3) is 11.0 Å². The van der Waals surface area contributed by atoms with Gasteiger partial charge in [0.25, 0.3) is 0 Å². The van der Waals surface area contributed by atoms with Crippen molar-refractivity contribution in [2.24, 2.45) is 0 Å². The number of fused-ring (bicyclic) bond motifs is 1. The van der Waals surface area contributed by atoms with E-state index in [9.17, 15) is 4.39 Å². The Morgan fingerprint density at radius 2 is 1.89 bits per heavy atom. The second-order valence-electron chi connectivity index (χ2n) is 6.67. The van der Waals surface area contributed by atoms with Crippen LogP contribution in [0.1, 0.15) is 35.4 Å². The molecule has 4 nitrogen and oxygen atoms in total. The molecule has 0 spiro atoms. The number of nitrogens with one attached hydrogen (secondary N) is 1. The molecule has 1 N–H and O–H groups in total. The number of nitrogens with zero attached hydrogens (tertiary/aromatic N) is 3.